The molecule has 2 fully saturated rings. The number of benzene rings is 1. The van der Waals surface area contributed by atoms with Crippen LogP contribution in [0.25, 0.3) is 0 Å². The number of amides is 2. The molecule has 1 aromatic heterocycles. The molecule has 1 atom stereocenters. The number of carbonyl (C=O) groups is 2. The first-order valence-corrected chi connectivity index (χ1v) is 12.1. The largest absolute Gasteiger partial charge is 0.444 e. The standard InChI is InChI=1S/C19H20ClN3O6S2/c20-16-10-12(17(30-16)18(21)24)9-14-11-23(19(25)29-14)13-1-3-15(4-2-13)31(26,27)22-5-7-28-8-6-22/h1-4,10,14H,5-9,11H2,(H2,21,24)/t14-/m0/s1. The molecule has 4 rings (SSSR count). The number of nitrogens with zero attached hydrogens (tertiary/aromatic N) is 2. The Morgan fingerprint density at radius 1 is 1.23 bits per heavy atom. The third-order valence-electron chi connectivity index (χ3n) is 5.08. The van der Waals surface area contributed by atoms with Crippen molar-refractivity contribution >= 4 is 50.6 Å². The SMILES string of the molecule is NC(=O)c1sc(Cl)cc1C[C@H]1CN(c2ccc(S(=O)(=O)N3CCOCC3)cc2)C(=O)O1. The lowest BCUT2D eigenvalue weighted by atomic mass is 10.1. The van der Waals surface area contributed by atoms with E-state index in [4.69, 9.17) is 26.8 Å². The number of primary amides is 1. The number of hydrogen-bond donors (Lipinski definition) is 1. The summed E-state index contributed by atoms with van der Waals surface area (Å²) in [5.41, 5.74) is 6.54. The summed E-state index contributed by atoms with van der Waals surface area (Å²) in [5.74, 6) is -0.579. The van der Waals surface area contributed by atoms with Crippen molar-refractivity contribution in [2.24, 2.45) is 5.73 Å². The molecule has 166 valence electrons. The molecule has 2 N–H and O–H groups in total. The third-order valence-corrected chi connectivity index (χ3v) is 8.31. The van der Waals surface area contributed by atoms with E-state index in [-0.39, 0.29) is 11.4 Å². The molecule has 1 aromatic carbocycles. The maximum absolute atomic E-state index is 12.7. The number of cyclic esters (lactones) is 1. The maximum Gasteiger partial charge on any atom is 0.414 e. The van der Waals surface area contributed by atoms with Crippen molar-refractivity contribution in [3.8, 4) is 0 Å². The zero-order valence-corrected chi connectivity index (χ0v) is 18.7. The molecule has 2 aliphatic heterocycles. The van der Waals surface area contributed by atoms with Crippen molar-refractivity contribution in [3.05, 3.63) is 45.1 Å². The molecule has 0 bridgehead atoms. The number of sulfonamides is 1. The number of anilines is 1. The van der Waals surface area contributed by atoms with E-state index in [1.165, 1.54) is 21.3 Å². The third kappa shape index (κ3) is 4.55. The smallest absolute Gasteiger partial charge is 0.414 e. The number of halogens is 1. The van der Waals surface area contributed by atoms with Gasteiger partial charge in [0.2, 0.25) is 10.0 Å². The Hall–Kier alpha value is -2.18. The molecule has 2 aliphatic rings. The fraction of sp³-hybridized carbons (Fsp3) is 0.368. The fourth-order valence-corrected chi connectivity index (χ4v) is 6.11. The van der Waals surface area contributed by atoms with Gasteiger partial charge in [0.1, 0.15) is 6.10 Å². The first-order valence-electron chi connectivity index (χ1n) is 9.50. The number of hydrogen-bond acceptors (Lipinski definition) is 7. The summed E-state index contributed by atoms with van der Waals surface area (Å²) in [6.45, 7) is 1.60. The van der Waals surface area contributed by atoms with E-state index >= 15 is 0 Å². The molecule has 0 saturated carbocycles. The first-order chi connectivity index (χ1) is 14.8. The van der Waals surface area contributed by atoms with Crippen LogP contribution < -0.4 is 10.6 Å². The Morgan fingerprint density at radius 3 is 2.55 bits per heavy atom. The van der Waals surface area contributed by atoms with Crippen LogP contribution in [-0.2, 0) is 25.9 Å². The van der Waals surface area contributed by atoms with Gasteiger partial charge in [-0.2, -0.15) is 4.31 Å². The quantitative estimate of drug-likeness (QED) is 0.669. The Bertz CT molecular complexity index is 1100. The Kier molecular flexibility index (Phi) is 6.22. The van der Waals surface area contributed by atoms with Gasteiger partial charge in [-0.1, -0.05) is 11.6 Å². The van der Waals surface area contributed by atoms with Crippen molar-refractivity contribution < 1.29 is 27.5 Å². The molecule has 0 spiro atoms. The average Bonchev–Trinajstić information content (AvgIpc) is 3.30. The molecule has 2 amide bonds. The minimum Gasteiger partial charge on any atom is -0.444 e. The van der Waals surface area contributed by atoms with E-state index in [1.807, 2.05) is 0 Å². The first kappa shape index (κ1) is 22.0. The zero-order chi connectivity index (χ0) is 22.2. The van der Waals surface area contributed by atoms with Gasteiger partial charge in [0.25, 0.3) is 5.91 Å². The molecular formula is C19H20ClN3O6S2. The molecule has 12 heteroatoms. The van der Waals surface area contributed by atoms with E-state index in [2.05, 4.69) is 0 Å². The molecule has 3 heterocycles. The molecule has 0 radical (unpaired) electrons. The van der Waals surface area contributed by atoms with Gasteiger partial charge in [-0.15, -0.1) is 11.3 Å². The topological polar surface area (TPSA) is 119 Å². The second-order valence-corrected chi connectivity index (χ2v) is 10.7. The fourth-order valence-electron chi connectivity index (χ4n) is 3.57. The van der Waals surface area contributed by atoms with Crippen LogP contribution in [0.1, 0.15) is 15.2 Å². The minimum absolute atomic E-state index is 0.154. The summed E-state index contributed by atoms with van der Waals surface area (Å²) < 4.78 is 37.9. The summed E-state index contributed by atoms with van der Waals surface area (Å²) in [5, 5.41) is 0. The number of thiophene rings is 1. The van der Waals surface area contributed by atoms with Crippen LogP contribution in [0.2, 0.25) is 4.34 Å². The minimum atomic E-state index is -3.61. The van der Waals surface area contributed by atoms with Crippen molar-refractivity contribution in [2.45, 2.75) is 17.4 Å². The monoisotopic (exact) mass is 485 g/mol. The highest BCUT2D eigenvalue weighted by atomic mass is 35.5. The van der Waals surface area contributed by atoms with Crippen LogP contribution in [0, 0.1) is 0 Å². The van der Waals surface area contributed by atoms with Crippen molar-refractivity contribution in [1.82, 2.24) is 4.31 Å². The van der Waals surface area contributed by atoms with Gasteiger partial charge >= 0.3 is 6.09 Å². The molecular weight excluding hydrogens is 466 g/mol. The lowest BCUT2D eigenvalue weighted by Crippen LogP contribution is -2.40. The van der Waals surface area contributed by atoms with Crippen LogP contribution in [0.3, 0.4) is 0 Å². The highest BCUT2D eigenvalue weighted by Crippen LogP contribution is 2.30. The van der Waals surface area contributed by atoms with Gasteiger partial charge < -0.3 is 15.2 Å². The van der Waals surface area contributed by atoms with Crippen LogP contribution in [0.4, 0.5) is 10.5 Å². The van der Waals surface area contributed by atoms with E-state index in [9.17, 15) is 18.0 Å². The van der Waals surface area contributed by atoms with Gasteiger partial charge in [-0.3, -0.25) is 9.69 Å². The maximum atomic E-state index is 12.7. The summed E-state index contributed by atoms with van der Waals surface area (Å²) >= 11 is 7.08. The van der Waals surface area contributed by atoms with Gasteiger partial charge in [-0.05, 0) is 35.9 Å². The summed E-state index contributed by atoms with van der Waals surface area (Å²) in [6.07, 6.45) is -0.739. The number of ether oxygens (including phenoxy) is 2. The Balaban J connectivity index is 1.47. The van der Waals surface area contributed by atoms with Gasteiger partial charge in [0.05, 0.1) is 33.9 Å². The van der Waals surface area contributed by atoms with E-state index in [0.717, 1.165) is 11.3 Å². The van der Waals surface area contributed by atoms with E-state index in [0.29, 0.717) is 53.2 Å². The molecule has 0 unspecified atom stereocenters. The van der Waals surface area contributed by atoms with Gasteiger partial charge in [0.15, 0.2) is 0 Å². The molecule has 2 saturated heterocycles. The summed E-state index contributed by atoms with van der Waals surface area (Å²) in [4.78, 5) is 25.9. The van der Waals surface area contributed by atoms with Crippen LogP contribution in [0.15, 0.2) is 35.2 Å². The summed E-state index contributed by atoms with van der Waals surface area (Å²) in [6, 6.07) is 7.75. The van der Waals surface area contributed by atoms with Gasteiger partial charge in [0, 0.05) is 25.2 Å². The van der Waals surface area contributed by atoms with Crippen molar-refractivity contribution in [2.75, 3.05) is 37.7 Å². The van der Waals surface area contributed by atoms with Crippen molar-refractivity contribution in [1.29, 1.82) is 0 Å². The number of morpholine rings is 1. The molecule has 31 heavy (non-hydrogen) atoms. The second kappa shape index (κ2) is 8.75. The predicted octanol–water partition coefficient (Wildman–Crippen LogP) is 2.09. The van der Waals surface area contributed by atoms with Gasteiger partial charge in [-0.25, -0.2) is 13.2 Å². The van der Waals surface area contributed by atoms with E-state index < -0.39 is 28.1 Å². The molecule has 2 aromatic rings. The number of rotatable bonds is 6. The normalized spacial score (nSPS) is 20.1. The second-order valence-electron chi connectivity index (χ2n) is 7.10. The highest BCUT2D eigenvalue weighted by molar-refractivity contribution is 7.89. The van der Waals surface area contributed by atoms with Crippen LogP contribution >= 0.6 is 22.9 Å². The number of nitrogens with two attached hydrogens (primary N) is 1. The number of carbonyl (C=O) groups excluding carboxylic acids is 2. The zero-order valence-electron chi connectivity index (χ0n) is 16.3. The van der Waals surface area contributed by atoms with Crippen LogP contribution in [-0.4, -0.2) is 63.7 Å². The molecule has 9 nitrogen and oxygen atoms in total. The lowest BCUT2D eigenvalue weighted by Gasteiger charge is -2.26. The predicted molar refractivity (Wildman–Crippen MR) is 115 cm³/mol. The van der Waals surface area contributed by atoms with Crippen molar-refractivity contribution in [3.63, 3.8) is 0 Å². The highest BCUT2D eigenvalue weighted by Gasteiger charge is 2.34. The lowest BCUT2D eigenvalue weighted by molar-refractivity contribution is 0.0730. The Labute approximate surface area is 188 Å². The summed E-state index contributed by atoms with van der Waals surface area (Å²) in [7, 11) is -3.61. The van der Waals surface area contributed by atoms with Crippen LogP contribution in [0.5, 0.6) is 0 Å². The average molecular weight is 486 g/mol. The van der Waals surface area contributed by atoms with E-state index in [1.54, 1.807) is 18.2 Å². The molecule has 0 aliphatic carbocycles. The Morgan fingerprint density at radius 2 is 1.90 bits per heavy atom.